The zero-order valence-electron chi connectivity index (χ0n) is 21.8. The highest BCUT2D eigenvalue weighted by Gasteiger charge is 2.33. The average molecular weight is 538 g/mol. The van der Waals surface area contributed by atoms with Gasteiger partial charge in [-0.1, -0.05) is 30.8 Å². The summed E-state index contributed by atoms with van der Waals surface area (Å²) >= 11 is 0. The molecule has 2 amide bonds. The van der Waals surface area contributed by atoms with Gasteiger partial charge in [0.25, 0.3) is 17.4 Å². The van der Waals surface area contributed by atoms with Gasteiger partial charge in [0.1, 0.15) is 5.76 Å². The highest BCUT2D eigenvalue weighted by Crippen LogP contribution is 2.35. The Hall–Kier alpha value is -5.18. The Morgan fingerprint density at radius 3 is 2.38 bits per heavy atom. The second kappa shape index (κ2) is 10.9. The first-order valence-electron chi connectivity index (χ1n) is 12.8. The van der Waals surface area contributed by atoms with Gasteiger partial charge in [0, 0.05) is 46.9 Å². The number of anilines is 1. The van der Waals surface area contributed by atoms with Crippen LogP contribution in [-0.4, -0.2) is 45.5 Å². The number of nitrogens with one attached hydrogen (secondary N) is 1. The molecule has 0 spiro atoms. The van der Waals surface area contributed by atoms with E-state index in [9.17, 15) is 19.2 Å². The Morgan fingerprint density at radius 1 is 0.950 bits per heavy atom. The fourth-order valence-electron chi connectivity index (χ4n) is 4.87. The van der Waals surface area contributed by atoms with Gasteiger partial charge in [-0.25, -0.2) is 4.79 Å². The van der Waals surface area contributed by atoms with Crippen molar-refractivity contribution in [2.75, 3.05) is 18.5 Å². The lowest BCUT2D eigenvalue weighted by Gasteiger charge is -2.28. The van der Waals surface area contributed by atoms with Crippen LogP contribution in [0.2, 0.25) is 0 Å². The minimum absolute atomic E-state index is 0.0247. The van der Waals surface area contributed by atoms with Gasteiger partial charge < -0.3 is 19.7 Å². The normalized spacial score (nSPS) is 12.5. The van der Waals surface area contributed by atoms with Gasteiger partial charge in [-0.05, 0) is 55.0 Å². The highest BCUT2D eigenvalue weighted by molar-refractivity contribution is 6.26. The molecular formula is C31H27N3O6. The topological polar surface area (TPSA) is 118 Å². The number of hydrogen-bond acceptors (Lipinski definition) is 6. The van der Waals surface area contributed by atoms with Crippen LogP contribution in [0.15, 0.2) is 84.3 Å². The Labute approximate surface area is 229 Å². The summed E-state index contributed by atoms with van der Waals surface area (Å²) in [5.41, 5.74) is 2.54. The maximum absolute atomic E-state index is 13.4. The molecule has 4 aromatic rings. The smallest absolute Gasteiger partial charge is 0.335 e. The molecule has 202 valence electrons. The van der Waals surface area contributed by atoms with Gasteiger partial charge >= 0.3 is 5.97 Å². The molecule has 0 unspecified atom stereocenters. The van der Waals surface area contributed by atoms with Crippen molar-refractivity contribution >= 4 is 40.0 Å². The van der Waals surface area contributed by atoms with E-state index in [0.29, 0.717) is 53.1 Å². The first-order valence-corrected chi connectivity index (χ1v) is 12.8. The monoisotopic (exact) mass is 537 g/mol. The van der Waals surface area contributed by atoms with Crippen molar-refractivity contribution in [3.63, 3.8) is 0 Å². The fourth-order valence-corrected chi connectivity index (χ4v) is 4.87. The second-order valence-electron chi connectivity index (χ2n) is 9.29. The van der Waals surface area contributed by atoms with Crippen LogP contribution in [0, 0.1) is 0 Å². The Balaban J connectivity index is 1.37. The third kappa shape index (κ3) is 4.84. The number of carbonyl (C=O) groups is 3. The van der Waals surface area contributed by atoms with Crippen LogP contribution in [0.4, 0.5) is 5.69 Å². The summed E-state index contributed by atoms with van der Waals surface area (Å²) in [6.45, 7) is 6.90. The molecule has 0 saturated carbocycles. The number of carboxylic acid groups (broad SMARTS) is 1. The van der Waals surface area contributed by atoms with E-state index in [-0.39, 0.29) is 17.7 Å². The first kappa shape index (κ1) is 26.4. The van der Waals surface area contributed by atoms with Crippen molar-refractivity contribution in [3.8, 4) is 0 Å². The fraction of sp³-hybridized carbons (Fsp3) is 0.161. The van der Waals surface area contributed by atoms with E-state index in [1.165, 1.54) is 17.0 Å². The Morgan fingerprint density at radius 2 is 1.68 bits per heavy atom. The number of carboxylic acids is 1. The molecule has 0 aliphatic carbocycles. The standard InChI is InChI=1S/C31H27N3O6/c1-3-40-19(2)22-8-5-16-33(28(22)35)17-15-32-26-14-13-25-27-23(26)6-4-7-24(27)29(36)34(30(25)37)18-20-9-11-21(12-10-20)31(38)39/h4-14,16,32H,2-3,15,17-18H2,1H3,(H,38,39). The molecule has 9 nitrogen and oxygen atoms in total. The van der Waals surface area contributed by atoms with Crippen molar-refractivity contribution in [1.29, 1.82) is 0 Å². The number of carbonyl (C=O) groups excluding carboxylic acids is 2. The molecule has 5 rings (SSSR count). The average Bonchev–Trinajstić information content (AvgIpc) is 2.95. The van der Waals surface area contributed by atoms with Crippen LogP contribution in [-0.2, 0) is 17.8 Å². The lowest BCUT2D eigenvalue weighted by Crippen LogP contribution is -2.39. The predicted octanol–water partition coefficient (Wildman–Crippen LogP) is 4.62. The maximum Gasteiger partial charge on any atom is 0.335 e. The number of nitrogens with zero attached hydrogens (tertiary/aromatic N) is 2. The van der Waals surface area contributed by atoms with Gasteiger partial charge in [0.2, 0.25) is 0 Å². The summed E-state index contributed by atoms with van der Waals surface area (Å²) in [6.07, 6.45) is 1.70. The van der Waals surface area contributed by atoms with Crippen molar-refractivity contribution in [2.45, 2.75) is 20.0 Å². The van der Waals surface area contributed by atoms with Gasteiger partial charge in [-0.2, -0.15) is 0 Å². The molecule has 40 heavy (non-hydrogen) atoms. The molecule has 1 aromatic heterocycles. The van der Waals surface area contributed by atoms with Gasteiger partial charge in [0.05, 0.1) is 24.3 Å². The number of amides is 2. The molecule has 0 fully saturated rings. The van der Waals surface area contributed by atoms with Crippen molar-refractivity contribution in [2.24, 2.45) is 0 Å². The number of rotatable bonds is 10. The van der Waals surface area contributed by atoms with Crippen molar-refractivity contribution in [1.82, 2.24) is 9.47 Å². The molecule has 9 heteroatoms. The van der Waals surface area contributed by atoms with E-state index in [1.807, 2.05) is 13.0 Å². The lowest BCUT2D eigenvalue weighted by molar-refractivity contribution is 0.0596. The summed E-state index contributed by atoms with van der Waals surface area (Å²) in [7, 11) is 0. The zero-order valence-corrected chi connectivity index (χ0v) is 21.8. The zero-order chi connectivity index (χ0) is 28.4. The van der Waals surface area contributed by atoms with Gasteiger partial charge in [-0.15, -0.1) is 0 Å². The predicted molar refractivity (Wildman–Crippen MR) is 151 cm³/mol. The molecule has 0 atom stereocenters. The van der Waals surface area contributed by atoms with Crippen molar-refractivity contribution < 1.29 is 24.2 Å². The van der Waals surface area contributed by atoms with Crippen LogP contribution in [0.1, 0.15) is 49.1 Å². The lowest BCUT2D eigenvalue weighted by atomic mass is 9.92. The van der Waals surface area contributed by atoms with Crippen molar-refractivity contribution in [3.05, 3.63) is 118 Å². The number of hydrogen-bond donors (Lipinski definition) is 2. The number of aromatic carboxylic acids is 1. The van der Waals surface area contributed by atoms with E-state index in [4.69, 9.17) is 9.84 Å². The highest BCUT2D eigenvalue weighted by atomic mass is 16.5. The van der Waals surface area contributed by atoms with E-state index in [1.54, 1.807) is 59.3 Å². The minimum atomic E-state index is -1.05. The Kier molecular flexibility index (Phi) is 7.20. The number of aromatic nitrogens is 1. The summed E-state index contributed by atoms with van der Waals surface area (Å²) in [5, 5.41) is 13.8. The minimum Gasteiger partial charge on any atom is -0.494 e. The van der Waals surface area contributed by atoms with Gasteiger partial charge in [-0.3, -0.25) is 19.3 Å². The molecule has 2 heterocycles. The molecular weight excluding hydrogens is 510 g/mol. The molecule has 1 aliphatic heterocycles. The van der Waals surface area contributed by atoms with E-state index < -0.39 is 17.8 Å². The molecule has 1 aliphatic rings. The number of pyridine rings is 1. The molecule has 0 saturated heterocycles. The van der Waals surface area contributed by atoms with E-state index in [2.05, 4.69) is 11.9 Å². The molecule has 2 N–H and O–H groups in total. The van der Waals surface area contributed by atoms with Gasteiger partial charge in [0.15, 0.2) is 0 Å². The second-order valence-corrected chi connectivity index (χ2v) is 9.29. The molecule has 3 aromatic carbocycles. The SMILES string of the molecule is C=C(OCC)c1cccn(CCNc2ccc3c4c(cccc24)C(=O)N(Cc2ccc(C(=O)O)cc2)C3=O)c1=O. The summed E-state index contributed by atoms with van der Waals surface area (Å²) < 4.78 is 6.97. The maximum atomic E-state index is 13.4. The molecule has 0 radical (unpaired) electrons. The van der Waals surface area contributed by atoms with Crippen LogP contribution in [0.5, 0.6) is 0 Å². The van der Waals surface area contributed by atoms with Crippen LogP contribution >= 0.6 is 0 Å². The summed E-state index contributed by atoms with van der Waals surface area (Å²) in [6, 6.07) is 18.4. The third-order valence-electron chi connectivity index (χ3n) is 6.84. The van der Waals surface area contributed by atoms with Crippen LogP contribution in [0.25, 0.3) is 16.5 Å². The molecule has 0 bridgehead atoms. The summed E-state index contributed by atoms with van der Waals surface area (Å²) in [5.74, 6) is -1.55. The third-order valence-corrected chi connectivity index (χ3v) is 6.84. The van der Waals surface area contributed by atoms with E-state index >= 15 is 0 Å². The van der Waals surface area contributed by atoms with Crippen LogP contribution < -0.4 is 10.9 Å². The first-order chi connectivity index (χ1) is 19.3. The number of benzene rings is 3. The van der Waals surface area contributed by atoms with Crippen LogP contribution in [0.3, 0.4) is 0 Å². The largest absolute Gasteiger partial charge is 0.494 e. The number of imide groups is 1. The van der Waals surface area contributed by atoms with E-state index in [0.717, 1.165) is 11.1 Å². The Bertz CT molecular complexity index is 1700. The number of ether oxygens (including phenoxy) is 1. The quantitative estimate of drug-likeness (QED) is 0.224. The summed E-state index contributed by atoms with van der Waals surface area (Å²) in [4.78, 5) is 52.0.